The summed E-state index contributed by atoms with van der Waals surface area (Å²) in [7, 11) is 0. The first kappa shape index (κ1) is 20.8. The zero-order chi connectivity index (χ0) is 21.3. The highest BCUT2D eigenvalue weighted by atomic mass is 16.5. The van der Waals surface area contributed by atoms with Crippen LogP contribution in [0.3, 0.4) is 0 Å². The van der Waals surface area contributed by atoms with Crippen LogP contribution in [0.5, 0.6) is 5.75 Å². The Labute approximate surface area is 172 Å². The zero-order valence-electron chi connectivity index (χ0n) is 16.5. The predicted molar refractivity (Wildman–Crippen MR) is 114 cm³/mol. The molecule has 0 saturated carbocycles. The van der Waals surface area contributed by atoms with Crippen molar-refractivity contribution in [3.8, 4) is 5.75 Å². The molecule has 0 bridgehead atoms. The SMILES string of the molecule is Cc1[nH]c(=O)[nH]c(=O)c1CCC(=O)N/N=C/c1ccccc1COc1ccccc1. The third kappa shape index (κ3) is 5.78. The Balaban J connectivity index is 1.56. The highest BCUT2D eigenvalue weighted by molar-refractivity contribution is 5.83. The fourth-order valence-electron chi connectivity index (χ4n) is 2.86. The second-order valence-electron chi connectivity index (χ2n) is 6.61. The van der Waals surface area contributed by atoms with Crippen molar-refractivity contribution >= 4 is 12.1 Å². The number of rotatable bonds is 8. The van der Waals surface area contributed by atoms with Crippen molar-refractivity contribution in [2.45, 2.75) is 26.4 Å². The van der Waals surface area contributed by atoms with Gasteiger partial charge in [-0.1, -0.05) is 42.5 Å². The number of H-pyrrole nitrogens is 2. The molecule has 0 fully saturated rings. The van der Waals surface area contributed by atoms with E-state index in [4.69, 9.17) is 4.74 Å². The van der Waals surface area contributed by atoms with Gasteiger partial charge in [-0.15, -0.1) is 0 Å². The van der Waals surface area contributed by atoms with Crippen molar-refractivity contribution in [1.29, 1.82) is 0 Å². The Hall–Kier alpha value is -3.94. The normalized spacial score (nSPS) is 10.8. The van der Waals surface area contributed by atoms with E-state index in [-0.39, 0.29) is 18.7 Å². The lowest BCUT2D eigenvalue weighted by molar-refractivity contribution is -0.121. The molecule has 3 N–H and O–H groups in total. The molecule has 0 aliphatic rings. The van der Waals surface area contributed by atoms with E-state index in [1.165, 1.54) is 0 Å². The molecule has 154 valence electrons. The maximum Gasteiger partial charge on any atom is 0.325 e. The number of benzene rings is 2. The van der Waals surface area contributed by atoms with Crippen LogP contribution in [0.4, 0.5) is 0 Å². The van der Waals surface area contributed by atoms with Crippen LogP contribution < -0.4 is 21.4 Å². The molecule has 0 saturated heterocycles. The van der Waals surface area contributed by atoms with Gasteiger partial charge < -0.3 is 9.72 Å². The molecule has 0 atom stereocenters. The first-order valence-electron chi connectivity index (χ1n) is 9.42. The van der Waals surface area contributed by atoms with Gasteiger partial charge in [0, 0.05) is 23.2 Å². The molecule has 2 aromatic carbocycles. The van der Waals surface area contributed by atoms with Gasteiger partial charge in [0.1, 0.15) is 12.4 Å². The first-order chi connectivity index (χ1) is 14.5. The van der Waals surface area contributed by atoms with Gasteiger partial charge in [0.2, 0.25) is 5.91 Å². The monoisotopic (exact) mass is 406 g/mol. The summed E-state index contributed by atoms with van der Waals surface area (Å²) in [5, 5.41) is 4.00. The van der Waals surface area contributed by atoms with Gasteiger partial charge in [-0.05, 0) is 31.0 Å². The lowest BCUT2D eigenvalue weighted by Crippen LogP contribution is -2.28. The Morgan fingerprint density at radius 1 is 1.07 bits per heavy atom. The van der Waals surface area contributed by atoms with E-state index in [1.807, 2.05) is 54.6 Å². The summed E-state index contributed by atoms with van der Waals surface area (Å²) in [5.41, 5.74) is 3.98. The van der Waals surface area contributed by atoms with Crippen molar-refractivity contribution in [2.75, 3.05) is 0 Å². The smallest absolute Gasteiger partial charge is 0.325 e. The third-order valence-electron chi connectivity index (χ3n) is 4.44. The molecule has 1 aromatic heterocycles. The molecular formula is C22H22N4O4. The number of hydrogen-bond donors (Lipinski definition) is 3. The molecule has 0 unspecified atom stereocenters. The quantitative estimate of drug-likeness (QED) is 0.392. The molecule has 0 spiro atoms. The lowest BCUT2D eigenvalue weighted by Gasteiger charge is -2.08. The molecule has 8 nitrogen and oxygen atoms in total. The maximum absolute atomic E-state index is 12.1. The van der Waals surface area contributed by atoms with Gasteiger partial charge >= 0.3 is 5.69 Å². The predicted octanol–water partition coefficient (Wildman–Crippen LogP) is 2.03. The van der Waals surface area contributed by atoms with Crippen LogP contribution in [0.2, 0.25) is 0 Å². The van der Waals surface area contributed by atoms with E-state index in [0.717, 1.165) is 16.9 Å². The maximum atomic E-state index is 12.1. The number of aryl methyl sites for hydroxylation is 1. The molecule has 3 rings (SSSR count). The number of ether oxygens (including phenoxy) is 1. The zero-order valence-corrected chi connectivity index (χ0v) is 16.5. The summed E-state index contributed by atoms with van der Waals surface area (Å²) in [5.74, 6) is 0.430. The topological polar surface area (TPSA) is 116 Å². The molecule has 0 radical (unpaired) electrons. The van der Waals surface area contributed by atoms with Gasteiger partial charge in [0.15, 0.2) is 0 Å². The van der Waals surface area contributed by atoms with Crippen LogP contribution in [-0.4, -0.2) is 22.1 Å². The number of amides is 1. The van der Waals surface area contributed by atoms with Crippen LogP contribution in [-0.2, 0) is 17.8 Å². The van der Waals surface area contributed by atoms with Gasteiger partial charge in [-0.3, -0.25) is 14.6 Å². The second-order valence-corrected chi connectivity index (χ2v) is 6.61. The minimum absolute atomic E-state index is 0.0616. The van der Waals surface area contributed by atoms with E-state index in [9.17, 15) is 14.4 Å². The number of hydrogen-bond acceptors (Lipinski definition) is 5. The van der Waals surface area contributed by atoms with Gasteiger partial charge in [0.25, 0.3) is 5.56 Å². The summed E-state index contributed by atoms with van der Waals surface area (Å²) < 4.78 is 5.77. The molecule has 8 heteroatoms. The van der Waals surface area contributed by atoms with E-state index in [1.54, 1.807) is 13.1 Å². The molecule has 1 heterocycles. The molecular weight excluding hydrogens is 384 g/mol. The van der Waals surface area contributed by atoms with Crippen molar-refractivity contribution in [3.63, 3.8) is 0 Å². The number of hydrazone groups is 1. The fraction of sp³-hybridized carbons (Fsp3) is 0.182. The minimum atomic E-state index is -0.565. The van der Waals surface area contributed by atoms with Crippen LogP contribution in [0, 0.1) is 6.92 Å². The summed E-state index contributed by atoms with van der Waals surface area (Å²) in [6.07, 6.45) is 1.81. The first-order valence-corrected chi connectivity index (χ1v) is 9.42. The summed E-state index contributed by atoms with van der Waals surface area (Å²) in [6, 6.07) is 17.1. The van der Waals surface area contributed by atoms with Crippen molar-refractivity contribution in [2.24, 2.45) is 5.10 Å². The van der Waals surface area contributed by atoms with E-state index < -0.39 is 11.2 Å². The Kier molecular flexibility index (Phi) is 6.94. The van der Waals surface area contributed by atoms with Gasteiger partial charge in [0.05, 0.1) is 6.21 Å². The molecule has 1 amide bonds. The van der Waals surface area contributed by atoms with Crippen molar-refractivity contribution in [1.82, 2.24) is 15.4 Å². The molecule has 3 aromatic rings. The summed E-state index contributed by atoms with van der Waals surface area (Å²) in [4.78, 5) is 39.8. The van der Waals surface area contributed by atoms with E-state index in [0.29, 0.717) is 17.9 Å². The number of nitrogens with zero attached hydrogens (tertiary/aromatic N) is 1. The Bertz CT molecular complexity index is 1150. The highest BCUT2D eigenvalue weighted by Crippen LogP contribution is 2.13. The van der Waals surface area contributed by atoms with Crippen LogP contribution in [0.1, 0.15) is 28.8 Å². The van der Waals surface area contributed by atoms with E-state index >= 15 is 0 Å². The number of nitrogens with one attached hydrogen (secondary N) is 3. The van der Waals surface area contributed by atoms with Crippen LogP contribution >= 0.6 is 0 Å². The fourth-order valence-corrected chi connectivity index (χ4v) is 2.86. The number of para-hydroxylation sites is 1. The van der Waals surface area contributed by atoms with Gasteiger partial charge in [-0.25, -0.2) is 10.2 Å². The lowest BCUT2D eigenvalue weighted by atomic mass is 10.1. The molecule has 0 aliphatic heterocycles. The average Bonchev–Trinajstić information content (AvgIpc) is 2.73. The number of aromatic nitrogens is 2. The number of carbonyl (C=O) groups excluding carboxylic acids is 1. The van der Waals surface area contributed by atoms with Crippen molar-refractivity contribution < 1.29 is 9.53 Å². The second kappa shape index (κ2) is 10.0. The summed E-state index contributed by atoms with van der Waals surface area (Å²) in [6.45, 7) is 1.99. The Morgan fingerprint density at radius 3 is 2.57 bits per heavy atom. The average molecular weight is 406 g/mol. The van der Waals surface area contributed by atoms with Crippen LogP contribution in [0.15, 0.2) is 69.3 Å². The largest absolute Gasteiger partial charge is 0.489 e. The number of carbonyl (C=O) groups is 1. The van der Waals surface area contributed by atoms with Crippen LogP contribution in [0.25, 0.3) is 0 Å². The highest BCUT2D eigenvalue weighted by Gasteiger charge is 2.09. The molecule has 30 heavy (non-hydrogen) atoms. The Morgan fingerprint density at radius 2 is 1.80 bits per heavy atom. The van der Waals surface area contributed by atoms with Gasteiger partial charge in [-0.2, -0.15) is 5.10 Å². The molecule has 0 aliphatic carbocycles. The minimum Gasteiger partial charge on any atom is -0.489 e. The summed E-state index contributed by atoms with van der Waals surface area (Å²) >= 11 is 0. The number of aromatic amines is 2. The standard InChI is InChI=1S/C22H22N4O4/c1-15-19(21(28)25-22(29)24-15)11-12-20(27)26-23-13-16-7-5-6-8-17(16)14-30-18-9-3-2-4-10-18/h2-10,13H,11-12,14H2,1H3,(H,26,27)(H2,24,25,28,29)/b23-13+. The third-order valence-corrected chi connectivity index (χ3v) is 4.44. The van der Waals surface area contributed by atoms with Crippen molar-refractivity contribution in [3.05, 3.63) is 97.8 Å². The van der Waals surface area contributed by atoms with E-state index in [2.05, 4.69) is 20.5 Å².